The number of rotatable bonds is 2. The quantitative estimate of drug-likeness (QED) is 0.852. The molecule has 1 aliphatic heterocycles. The number of ketones is 1. The van der Waals surface area contributed by atoms with Gasteiger partial charge in [-0.15, -0.1) is 0 Å². The van der Waals surface area contributed by atoms with Gasteiger partial charge in [-0.3, -0.25) is 4.79 Å². The second-order valence-corrected chi connectivity index (χ2v) is 4.80. The highest BCUT2D eigenvalue weighted by atomic mass is 19.1. The highest BCUT2D eigenvalue weighted by Gasteiger charge is 2.23. The summed E-state index contributed by atoms with van der Waals surface area (Å²) >= 11 is 0. The Morgan fingerprint density at radius 2 is 1.75 bits per heavy atom. The van der Waals surface area contributed by atoms with Crippen molar-refractivity contribution >= 4 is 5.78 Å². The van der Waals surface area contributed by atoms with Gasteiger partial charge >= 0.3 is 0 Å². The van der Waals surface area contributed by atoms with Crippen molar-refractivity contribution < 1.29 is 13.6 Å². The van der Waals surface area contributed by atoms with Crippen molar-refractivity contribution in [2.24, 2.45) is 0 Å². The number of nitrogens with one attached hydrogen (secondary N) is 1. The zero-order chi connectivity index (χ0) is 14.1. The van der Waals surface area contributed by atoms with Gasteiger partial charge in [-0.05, 0) is 36.2 Å². The van der Waals surface area contributed by atoms with Gasteiger partial charge in [0.15, 0.2) is 5.78 Å². The summed E-state index contributed by atoms with van der Waals surface area (Å²) in [5.41, 5.74) is 1.82. The molecule has 0 aromatic heterocycles. The maximum atomic E-state index is 13.7. The fourth-order valence-electron chi connectivity index (χ4n) is 2.59. The van der Waals surface area contributed by atoms with E-state index in [1.165, 1.54) is 6.07 Å². The minimum absolute atomic E-state index is 0.396. The molecule has 0 spiro atoms. The molecule has 102 valence electrons. The third kappa shape index (κ3) is 2.12. The smallest absolute Gasteiger partial charge is 0.199 e. The Labute approximate surface area is 115 Å². The summed E-state index contributed by atoms with van der Waals surface area (Å²) in [5.74, 6) is -2.22. The predicted molar refractivity (Wildman–Crippen MR) is 71.6 cm³/mol. The van der Waals surface area contributed by atoms with E-state index in [2.05, 4.69) is 5.32 Å². The molecule has 2 aromatic rings. The first-order chi connectivity index (χ1) is 9.68. The second-order valence-electron chi connectivity index (χ2n) is 4.80. The van der Waals surface area contributed by atoms with Crippen LogP contribution in [0.4, 0.5) is 8.78 Å². The van der Waals surface area contributed by atoms with Crippen molar-refractivity contribution in [1.82, 2.24) is 5.32 Å². The van der Waals surface area contributed by atoms with Crippen LogP contribution in [0.3, 0.4) is 0 Å². The Morgan fingerprint density at radius 3 is 2.50 bits per heavy atom. The monoisotopic (exact) mass is 273 g/mol. The van der Waals surface area contributed by atoms with Crippen LogP contribution in [-0.4, -0.2) is 12.3 Å². The summed E-state index contributed by atoms with van der Waals surface area (Å²) in [7, 11) is 0. The van der Waals surface area contributed by atoms with Crippen LogP contribution in [0.25, 0.3) is 0 Å². The first-order valence-electron chi connectivity index (χ1n) is 6.48. The molecule has 0 bridgehead atoms. The molecule has 1 aliphatic rings. The second kappa shape index (κ2) is 5.13. The molecule has 0 unspecified atom stereocenters. The van der Waals surface area contributed by atoms with Gasteiger partial charge in [0.1, 0.15) is 11.6 Å². The van der Waals surface area contributed by atoms with Gasteiger partial charge < -0.3 is 5.32 Å². The summed E-state index contributed by atoms with van der Waals surface area (Å²) < 4.78 is 27.5. The molecule has 0 atom stereocenters. The van der Waals surface area contributed by atoms with Crippen LogP contribution in [0.15, 0.2) is 36.4 Å². The minimum atomic E-state index is -0.818. The predicted octanol–water partition coefficient (Wildman–Crippen LogP) is 2.84. The van der Waals surface area contributed by atoms with Gasteiger partial charge in [-0.2, -0.15) is 0 Å². The number of carbonyl (C=O) groups excluding carboxylic acids is 1. The highest BCUT2D eigenvalue weighted by molar-refractivity contribution is 6.10. The van der Waals surface area contributed by atoms with E-state index >= 15 is 0 Å². The lowest BCUT2D eigenvalue weighted by atomic mass is 9.91. The van der Waals surface area contributed by atoms with E-state index in [4.69, 9.17) is 0 Å². The topological polar surface area (TPSA) is 29.1 Å². The van der Waals surface area contributed by atoms with Crippen LogP contribution in [-0.2, 0) is 13.0 Å². The zero-order valence-electron chi connectivity index (χ0n) is 10.7. The zero-order valence-corrected chi connectivity index (χ0v) is 10.7. The molecule has 2 aromatic carbocycles. The highest BCUT2D eigenvalue weighted by Crippen LogP contribution is 2.23. The lowest BCUT2D eigenvalue weighted by Crippen LogP contribution is -2.25. The molecule has 0 saturated carbocycles. The maximum absolute atomic E-state index is 13.7. The van der Waals surface area contributed by atoms with Crippen molar-refractivity contribution in [1.29, 1.82) is 0 Å². The van der Waals surface area contributed by atoms with Crippen LogP contribution in [0.1, 0.15) is 27.0 Å². The van der Waals surface area contributed by atoms with Crippen LogP contribution in [0.5, 0.6) is 0 Å². The summed E-state index contributed by atoms with van der Waals surface area (Å²) in [4.78, 5) is 12.5. The largest absolute Gasteiger partial charge is 0.312 e. The molecule has 0 fully saturated rings. The number of benzene rings is 2. The Morgan fingerprint density at radius 1 is 1.05 bits per heavy atom. The summed E-state index contributed by atoms with van der Waals surface area (Å²) in [5, 5.41) is 3.21. The number of hydrogen-bond donors (Lipinski definition) is 1. The Hall–Kier alpha value is -2.07. The van der Waals surface area contributed by atoms with Gasteiger partial charge in [-0.1, -0.05) is 24.3 Å². The summed E-state index contributed by atoms with van der Waals surface area (Å²) in [6, 6.07) is 8.78. The number of halogens is 2. The number of hydrogen-bond acceptors (Lipinski definition) is 2. The fourth-order valence-corrected chi connectivity index (χ4v) is 2.59. The van der Waals surface area contributed by atoms with Crippen LogP contribution < -0.4 is 5.32 Å². The molecule has 0 radical (unpaired) electrons. The Bertz CT molecular complexity index is 662. The molecule has 0 saturated heterocycles. The maximum Gasteiger partial charge on any atom is 0.199 e. The summed E-state index contributed by atoms with van der Waals surface area (Å²) in [6.45, 7) is 1.44. The molecule has 0 aliphatic carbocycles. The van der Waals surface area contributed by atoms with Crippen molar-refractivity contribution in [3.05, 3.63) is 70.3 Å². The van der Waals surface area contributed by atoms with E-state index in [-0.39, 0.29) is 0 Å². The van der Waals surface area contributed by atoms with Crippen LogP contribution in [0, 0.1) is 11.6 Å². The first kappa shape index (κ1) is 12.9. The standard InChI is InChI=1S/C16H13F2NO/c17-13-5-2-6-14(18)15(13)16(20)12-4-1-3-10-9-19-8-7-11(10)12/h1-6,19H,7-9H2. The van der Waals surface area contributed by atoms with Gasteiger partial charge in [0.05, 0.1) is 5.56 Å². The SMILES string of the molecule is O=C(c1cccc2c1CCNC2)c1c(F)cccc1F. The van der Waals surface area contributed by atoms with E-state index in [9.17, 15) is 13.6 Å². The molecule has 1 heterocycles. The number of carbonyl (C=O) groups is 1. The van der Waals surface area contributed by atoms with Crippen molar-refractivity contribution in [3.8, 4) is 0 Å². The van der Waals surface area contributed by atoms with E-state index in [0.717, 1.165) is 29.8 Å². The third-order valence-corrected chi connectivity index (χ3v) is 3.57. The average Bonchev–Trinajstić information content (AvgIpc) is 2.46. The molecule has 3 rings (SSSR count). The molecule has 0 amide bonds. The Balaban J connectivity index is 2.12. The normalized spacial score (nSPS) is 13.9. The minimum Gasteiger partial charge on any atom is -0.312 e. The molecule has 1 N–H and O–H groups in total. The van der Waals surface area contributed by atoms with E-state index < -0.39 is 23.0 Å². The fraction of sp³-hybridized carbons (Fsp3) is 0.188. The summed E-state index contributed by atoms with van der Waals surface area (Å²) in [6.07, 6.45) is 0.688. The first-order valence-corrected chi connectivity index (χ1v) is 6.48. The van der Waals surface area contributed by atoms with Crippen molar-refractivity contribution in [2.75, 3.05) is 6.54 Å². The molecule has 20 heavy (non-hydrogen) atoms. The van der Waals surface area contributed by atoms with E-state index in [0.29, 0.717) is 18.5 Å². The third-order valence-electron chi connectivity index (χ3n) is 3.57. The van der Waals surface area contributed by atoms with Crippen molar-refractivity contribution in [3.63, 3.8) is 0 Å². The molecular weight excluding hydrogens is 260 g/mol. The molecular formula is C16H13F2NO. The van der Waals surface area contributed by atoms with Crippen LogP contribution in [0.2, 0.25) is 0 Å². The van der Waals surface area contributed by atoms with Crippen molar-refractivity contribution in [2.45, 2.75) is 13.0 Å². The Kier molecular flexibility index (Phi) is 3.32. The van der Waals surface area contributed by atoms with Gasteiger partial charge in [0.2, 0.25) is 0 Å². The van der Waals surface area contributed by atoms with Gasteiger partial charge in [0.25, 0.3) is 0 Å². The van der Waals surface area contributed by atoms with Gasteiger partial charge in [0, 0.05) is 12.1 Å². The van der Waals surface area contributed by atoms with E-state index in [1.807, 2.05) is 6.07 Å². The van der Waals surface area contributed by atoms with E-state index in [1.54, 1.807) is 12.1 Å². The van der Waals surface area contributed by atoms with Crippen LogP contribution >= 0.6 is 0 Å². The lowest BCUT2D eigenvalue weighted by molar-refractivity contribution is 0.103. The van der Waals surface area contributed by atoms with Gasteiger partial charge in [-0.25, -0.2) is 8.78 Å². The molecule has 4 heteroatoms. The number of fused-ring (bicyclic) bond motifs is 1. The molecule has 2 nitrogen and oxygen atoms in total. The average molecular weight is 273 g/mol. The lowest BCUT2D eigenvalue weighted by Gasteiger charge is -2.20.